The molecule has 0 amide bonds. The number of hydrogen-bond acceptors (Lipinski definition) is 24. The molecule has 8 bridgehead atoms. The summed E-state index contributed by atoms with van der Waals surface area (Å²) in [5.74, 6) is 14.7. The number of hydrogen-bond donors (Lipinski definition) is 0. The van der Waals surface area contributed by atoms with Crippen LogP contribution >= 0.6 is 0 Å². The number of rotatable bonds is 18. The van der Waals surface area contributed by atoms with E-state index < -0.39 is 0 Å². The van der Waals surface area contributed by atoms with E-state index >= 15 is 0 Å². The zero-order valence-corrected chi connectivity index (χ0v) is 103. The first-order valence-electron chi connectivity index (χ1n) is 61.5. The molecule has 34 atom stereocenters. The van der Waals surface area contributed by atoms with E-state index in [0.29, 0.717) is 61.0 Å². The number of nitrogens with zero attached hydrogens (tertiary/aromatic N) is 12. The molecule has 24 fully saturated rings. The Bertz CT molecular complexity index is 3430. The van der Waals surface area contributed by atoms with Gasteiger partial charge >= 0.3 is 197 Å². The van der Waals surface area contributed by atoms with Gasteiger partial charge in [0.1, 0.15) is 0 Å². The Morgan fingerprint density at radius 3 is 1.48 bits per heavy atom. The van der Waals surface area contributed by atoms with Gasteiger partial charge in [-0.2, -0.15) is 0 Å². The predicted octanol–water partition coefficient (Wildman–Crippen LogP) is 11.9. The Labute approximate surface area is 924 Å². The van der Waals surface area contributed by atoms with Crippen LogP contribution in [-0.4, -0.2) is 451 Å². The second kappa shape index (κ2) is 66.2. The van der Waals surface area contributed by atoms with Crippen LogP contribution in [0.3, 0.4) is 0 Å². The average Bonchev–Trinajstić information content (AvgIpc) is 1.04. The summed E-state index contributed by atoms with van der Waals surface area (Å²) in [5, 5.41) is 0. The van der Waals surface area contributed by atoms with Gasteiger partial charge in [-0.25, -0.2) is 0 Å². The standard InChI is InChI=1S/C12H23INO.2C12H23NO.C11H21NO.C10H19INO.C10H19NO.6C9H17NO/c1-13-15-12-7-10-5-3-4-6-11(12)9-14(2)8-10;1-13-9-10-5-3-6-11(13)7-4-8-12(10)14-2;1-13-9-10-5-3-4-6-11(13)8-12(7-10)14-2;1-13-11-5-8-12-6-2-3-10(9-11)4-7-12;1-11-13-7-6-12-5-4-9-2-3-10(9)8-12;1-12-8-7-11-6-2-3-9-4-5-10(9)11;1-10-4-3-8-7(6-10)5-9(8)11-2;1-10-4-3-7-5-9(11-2)8(7)6-10;1-10-6-8(11-2)5-7-3-4-9(7)10;1-10-6-5-9(11-2)7-3-4-8(7)10;1-10-5-3-4-7-8(10)6-9(7)11-2;1-10-5-3-4-7-6-8(11-2)9(7)10/h10-12H,3-9H2,1-2H3;2*10-12H,3-9H2,1-2H3;10-11H,2-9H2,1H3;9-10H,2-8H2,1H3;9-10H,2-8H2,1H3;6*7-9H,3-6H2,1-2H3/q-1;;;;-1;;;;;;;/t;;;;2*9-,10+;7-,8+,9?;7-,8-,9?;7-,8?,9-;7-,8+,9?;7-,8-,9?;7-,8?,9-/m....10001010/s1. The Kier molecular flexibility index (Phi) is 56.0. The van der Waals surface area contributed by atoms with Crippen molar-refractivity contribution in [3.8, 4) is 0 Å². The molecule has 26 heteroatoms. The van der Waals surface area contributed by atoms with Gasteiger partial charge in [0.2, 0.25) is 0 Å². The molecule has 15 heterocycles. The summed E-state index contributed by atoms with van der Waals surface area (Å²) in [6.45, 7) is 27.3. The molecule has 15 saturated heterocycles. The molecule has 147 heavy (non-hydrogen) atoms. The summed E-state index contributed by atoms with van der Waals surface area (Å²) in [5.41, 5.74) is 0. The Morgan fingerprint density at radius 2 is 0.810 bits per heavy atom. The van der Waals surface area contributed by atoms with Gasteiger partial charge in [-0.1, -0.05) is 19.3 Å². The van der Waals surface area contributed by atoms with Gasteiger partial charge in [0, 0.05) is 184 Å². The van der Waals surface area contributed by atoms with Crippen molar-refractivity contribution in [2.45, 2.75) is 392 Å². The van der Waals surface area contributed by atoms with Crippen LogP contribution in [0, 0.1) is 94.7 Å². The predicted molar refractivity (Wildman–Crippen MR) is 595 cm³/mol. The van der Waals surface area contributed by atoms with Crippen molar-refractivity contribution < 1.29 is 96.7 Å². The van der Waals surface area contributed by atoms with E-state index in [1.807, 2.05) is 64.0 Å². The zero-order chi connectivity index (χ0) is 104. The van der Waals surface area contributed by atoms with Crippen molar-refractivity contribution in [3.05, 3.63) is 0 Å². The maximum atomic E-state index is 6.06. The van der Waals surface area contributed by atoms with Gasteiger partial charge in [0.15, 0.2) is 0 Å². The van der Waals surface area contributed by atoms with Crippen molar-refractivity contribution in [1.82, 2.24) is 58.8 Å². The van der Waals surface area contributed by atoms with Crippen LogP contribution in [0.2, 0.25) is 0 Å². The normalized spacial score (nSPS) is 41.3. The van der Waals surface area contributed by atoms with E-state index in [2.05, 4.69) is 132 Å². The average molecular weight is 2300 g/mol. The second-order valence-electron chi connectivity index (χ2n) is 51.5. The number of likely N-dealkylation sites (tertiary alicyclic amines) is 9. The molecule has 24 aliphatic rings. The van der Waals surface area contributed by atoms with Gasteiger partial charge in [-0.3, -0.25) is 4.90 Å². The van der Waals surface area contributed by atoms with E-state index in [-0.39, 0.29) is 43.2 Å². The third-order valence-corrected chi connectivity index (χ3v) is 44.8. The van der Waals surface area contributed by atoms with E-state index in [1.54, 1.807) is 7.11 Å². The molecule has 862 valence electrons. The van der Waals surface area contributed by atoms with Gasteiger partial charge < -0.3 is 91.5 Å². The Balaban J connectivity index is 0.000000134. The number of methoxy groups -OCH3 is 10. The summed E-state index contributed by atoms with van der Waals surface area (Å²) in [6, 6.07) is 5.88. The number of ether oxygens (including phenoxy) is 10. The number of piperidine rings is 8. The molecule has 15 aliphatic heterocycles. The van der Waals surface area contributed by atoms with Gasteiger partial charge in [-0.15, -0.1) is 0 Å². The van der Waals surface area contributed by atoms with Crippen LogP contribution in [0.5, 0.6) is 0 Å². The summed E-state index contributed by atoms with van der Waals surface area (Å²) < 4.78 is 65.7. The molecular weight excluding hydrogens is 2070 g/mol. The fourth-order valence-electron chi connectivity index (χ4n) is 32.4. The second-order valence-corrected chi connectivity index (χ2v) is 54.4. The van der Waals surface area contributed by atoms with Crippen molar-refractivity contribution in [1.29, 1.82) is 0 Å². The van der Waals surface area contributed by atoms with Crippen molar-refractivity contribution in [2.75, 3.05) is 288 Å². The maximum absolute atomic E-state index is 6.06. The Hall–Kier alpha value is 0.500. The van der Waals surface area contributed by atoms with E-state index in [0.717, 1.165) is 163 Å². The summed E-state index contributed by atoms with van der Waals surface area (Å²) >= 11 is 0.0484. The molecule has 0 radical (unpaired) electrons. The summed E-state index contributed by atoms with van der Waals surface area (Å²) in [7, 11) is 38.7. The minimum atomic E-state index is 0.00297. The fourth-order valence-corrected chi connectivity index (χ4v) is 34.3. The van der Waals surface area contributed by atoms with Gasteiger partial charge in [0.05, 0.1) is 61.5 Å². The molecule has 0 aromatic carbocycles. The SMILES string of the molecule is COC1CC2CCCCC(C1)N(C)C2.COC1CCCC2CCCC1CN2C.COC1CCN(C)[C@@H]2CC[C@H]12.COC1CCN2CCCC(CC2)C1.COC1C[C@@H]2CCCN(C)[C@H]12.COC1C[C@@H]2CCN(C)C[C@H]12.COC1C[C@@H]2[C@H]1CCCN2C.COC1C[C@H]2CC[C@H]2N(C)C1.COC1C[C@H]2CN(C)CC[C@@H]12.COCCN1CCC[C@H]2CC[C@H]21.C[I-]OC1CC2CCCCC1CN(C)C2.C[I-]OCCN1CC[C@H]2CC[C@H]2C1. The van der Waals surface area contributed by atoms with E-state index in [1.165, 1.54) is 407 Å². The number of fused-ring (bicyclic) bond motifs is 20. The van der Waals surface area contributed by atoms with Gasteiger partial charge in [-0.05, 0) is 374 Å². The molecule has 0 spiro atoms. The van der Waals surface area contributed by atoms with Crippen molar-refractivity contribution >= 4 is 0 Å². The number of alkyl halides is 2. The van der Waals surface area contributed by atoms with Crippen LogP contribution in [0.4, 0.5) is 0 Å². The summed E-state index contributed by atoms with van der Waals surface area (Å²) in [4.78, 5) is 34.7. The van der Waals surface area contributed by atoms with Crippen LogP contribution in [-0.2, 0) is 53.5 Å². The first-order valence-corrected chi connectivity index (χ1v) is 67.5. The molecule has 24 nitrogen and oxygen atoms in total. The third kappa shape index (κ3) is 37.3. The van der Waals surface area contributed by atoms with E-state index in [4.69, 9.17) is 53.5 Å². The molecule has 0 aromatic heterocycles. The number of likely N-dealkylation sites (N-methyl/N-ethyl adjacent to an activating group) is 2. The molecule has 0 N–H and O–H groups in total. The molecule has 0 aromatic rings. The van der Waals surface area contributed by atoms with Crippen LogP contribution in [0.25, 0.3) is 0 Å². The van der Waals surface area contributed by atoms with Crippen LogP contribution < -0.4 is 43.2 Å². The van der Waals surface area contributed by atoms with E-state index in [9.17, 15) is 0 Å². The first kappa shape index (κ1) is 124. The fraction of sp³-hybridized carbons (Fsp3) is 1.00. The van der Waals surface area contributed by atoms with Gasteiger partial charge in [0.25, 0.3) is 0 Å². The third-order valence-electron chi connectivity index (χ3n) is 42.6. The Morgan fingerprint density at radius 1 is 0.238 bits per heavy atom. The van der Waals surface area contributed by atoms with Crippen LogP contribution in [0.15, 0.2) is 0 Å². The topological polar surface area (TPSA) is 150 Å². The molecule has 18 unspecified atom stereocenters. The first-order chi connectivity index (χ1) is 71.5. The van der Waals surface area contributed by atoms with Crippen molar-refractivity contribution in [2.24, 2.45) is 94.7 Å². The number of halogens is 2. The molecule has 9 aliphatic carbocycles. The summed E-state index contributed by atoms with van der Waals surface area (Å²) in [6.07, 6.45) is 67.6. The van der Waals surface area contributed by atoms with Crippen LogP contribution in [0.1, 0.15) is 289 Å². The molecule has 24 rings (SSSR count). The van der Waals surface area contributed by atoms with Crippen molar-refractivity contribution in [3.63, 3.8) is 0 Å². The molecule has 9 saturated carbocycles. The monoisotopic (exact) mass is 2300 g/mol. The minimum absolute atomic E-state index is 0.00297. The quantitative estimate of drug-likeness (QED) is 0.0727. The zero-order valence-electron chi connectivity index (χ0n) is 98.5. The molecular formula is C121H230I2N12O12-2.